The van der Waals surface area contributed by atoms with E-state index < -0.39 is 0 Å². The molecule has 1 saturated heterocycles. The van der Waals surface area contributed by atoms with Crippen LogP contribution in [0.15, 0.2) is 21.9 Å². The van der Waals surface area contributed by atoms with Crippen LogP contribution < -0.4 is 10.2 Å². The minimum atomic E-state index is -0.280. The molecule has 0 unspecified atom stereocenters. The fourth-order valence-corrected chi connectivity index (χ4v) is 4.70. The minimum absolute atomic E-state index is 0.215. The standard InChI is InChI=1S/C18H20N4O2S2/c1-11-3-4-13(24-11)9-19-18(23)16-20-14-10-26-12(2)15(14)17(21-16)22-5-7-25-8-6-22/h3-4,10H,5-9H2,1-2H3,(H,19,23). The zero-order valence-corrected chi connectivity index (χ0v) is 16.4. The smallest absolute Gasteiger partial charge is 0.289 e. The van der Waals surface area contributed by atoms with Crippen molar-refractivity contribution in [3.8, 4) is 0 Å². The molecule has 0 saturated carbocycles. The number of carbonyl (C=O) groups is 1. The summed E-state index contributed by atoms with van der Waals surface area (Å²) in [5, 5.41) is 5.92. The maximum absolute atomic E-state index is 12.6. The zero-order chi connectivity index (χ0) is 18.1. The quantitative estimate of drug-likeness (QED) is 0.739. The Hall–Kier alpha value is -2.06. The maximum atomic E-state index is 12.6. The molecule has 0 radical (unpaired) electrons. The lowest BCUT2D eigenvalue weighted by molar-refractivity contribution is 0.0938. The Morgan fingerprint density at radius 1 is 1.27 bits per heavy atom. The Morgan fingerprint density at radius 2 is 2.08 bits per heavy atom. The van der Waals surface area contributed by atoms with Crippen molar-refractivity contribution < 1.29 is 9.21 Å². The second kappa shape index (κ2) is 7.28. The molecule has 6 nitrogen and oxygen atoms in total. The number of rotatable bonds is 4. The first-order valence-electron chi connectivity index (χ1n) is 8.54. The van der Waals surface area contributed by atoms with Crippen molar-refractivity contribution in [3.63, 3.8) is 0 Å². The van der Waals surface area contributed by atoms with Crippen LogP contribution in [0.1, 0.15) is 27.0 Å². The number of anilines is 1. The van der Waals surface area contributed by atoms with Gasteiger partial charge in [0.2, 0.25) is 5.82 Å². The molecule has 0 spiro atoms. The molecule has 0 atom stereocenters. The Balaban J connectivity index is 1.63. The van der Waals surface area contributed by atoms with Crippen molar-refractivity contribution in [3.05, 3.63) is 39.7 Å². The molecule has 4 heterocycles. The van der Waals surface area contributed by atoms with Crippen LogP contribution in [0.4, 0.5) is 5.82 Å². The van der Waals surface area contributed by atoms with Gasteiger partial charge >= 0.3 is 0 Å². The molecule has 136 valence electrons. The van der Waals surface area contributed by atoms with Crippen LogP contribution in [-0.2, 0) is 6.54 Å². The predicted molar refractivity (Wildman–Crippen MR) is 106 cm³/mol. The summed E-state index contributed by atoms with van der Waals surface area (Å²) in [5.74, 6) is 4.52. The summed E-state index contributed by atoms with van der Waals surface area (Å²) in [6, 6.07) is 3.74. The summed E-state index contributed by atoms with van der Waals surface area (Å²) in [6.45, 7) is 6.17. The van der Waals surface area contributed by atoms with E-state index in [1.165, 1.54) is 4.88 Å². The molecular formula is C18H20N4O2S2. The van der Waals surface area contributed by atoms with Crippen LogP contribution >= 0.6 is 23.1 Å². The lowest BCUT2D eigenvalue weighted by Gasteiger charge is -2.28. The van der Waals surface area contributed by atoms with E-state index in [2.05, 4.69) is 27.1 Å². The molecule has 1 fully saturated rings. The van der Waals surface area contributed by atoms with E-state index in [-0.39, 0.29) is 11.7 Å². The third kappa shape index (κ3) is 3.43. The average molecular weight is 389 g/mol. The lowest BCUT2D eigenvalue weighted by Crippen LogP contribution is -2.34. The normalized spacial score (nSPS) is 14.8. The summed E-state index contributed by atoms with van der Waals surface area (Å²) >= 11 is 3.60. The maximum Gasteiger partial charge on any atom is 0.289 e. The van der Waals surface area contributed by atoms with Gasteiger partial charge in [0.05, 0.1) is 17.4 Å². The molecule has 1 aliphatic heterocycles. The number of amides is 1. The number of thioether (sulfide) groups is 1. The number of aryl methyl sites for hydroxylation is 2. The second-order valence-electron chi connectivity index (χ2n) is 6.22. The molecule has 26 heavy (non-hydrogen) atoms. The van der Waals surface area contributed by atoms with E-state index in [0.29, 0.717) is 6.54 Å². The zero-order valence-electron chi connectivity index (χ0n) is 14.7. The highest BCUT2D eigenvalue weighted by atomic mass is 32.2. The van der Waals surface area contributed by atoms with Gasteiger partial charge in [-0.25, -0.2) is 9.97 Å². The largest absolute Gasteiger partial charge is 0.465 e. The number of thiophene rings is 1. The van der Waals surface area contributed by atoms with Gasteiger partial charge in [0.1, 0.15) is 17.3 Å². The molecule has 0 bridgehead atoms. The predicted octanol–water partition coefficient (Wildman–Crippen LogP) is 3.38. The summed E-state index contributed by atoms with van der Waals surface area (Å²) < 4.78 is 5.50. The number of fused-ring (bicyclic) bond motifs is 1. The SMILES string of the molecule is Cc1ccc(CNC(=O)c2nc(N3CCSCC3)c3c(C)scc3n2)o1. The van der Waals surface area contributed by atoms with E-state index in [1.54, 1.807) is 11.3 Å². The van der Waals surface area contributed by atoms with Crippen LogP contribution in [0.25, 0.3) is 10.9 Å². The van der Waals surface area contributed by atoms with Crippen molar-refractivity contribution in [2.45, 2.75) is 20.4 Å². The molecule has 4 rings (SSSR count). The Bertz CT molecular complexity index is 944. The monoisotopic (exact) mass is 388 g/mol. The summed E-state index contributed by atoms with van der Waals surface area (Å²) in [6.07, 6.45) is 0. The number of hydrogen-bond acceptors (Lipinski definition) is 7. The number of nitrogens with zero attached hydrogens (tertiary/aromatic N) is 3. The topological polar surface area (TPSA) is 71.3 Å². The highest BCUT2D eigenvalue weighted by Gasteiger charge is 2.21. The lowest BCUT2D eigenvalue weighted by atomic mass is 10.2. The van der Waals surface area contributed by atoms with E-state index in [9.17, 15) is 4.79 Å². The van der Waals surface area contributed by atoms with E-state index in [0.717, 1.165) is 52.8 Å². The van der Waals surface area contributed by atoms with E-state index in [4.69, 9.17) is 4.42 Å². The van der Waals surface area contributed by atoms with Crippen LogP contribution in [0.3, 0.4) is 0 Å². The van der Waals surface area contributed by atoms with Gasteiger partial charge in [0.15, 0.2) is 0 Å². The fraction of sp³-hybridized carbons (Fsp3) is 0.389. The third-order valence-corrected chi connectivity index (χ3v) is 6.19. The van der Waals surface area contributed by atoms with Crippen LogP contribution in [-0.4, -0.2) is 40.5 Å². The highest BCUT2D eigenvalue weighted by Crippen LogP contribution is 2.32. The molecule has 1 amide bonds. The Labute approximate surface area is 160 Å². The van der Waals surface area contributed by atoms with Gasteiger partial charge in [0.25, 0.3) is 5.91 Å². The Kier molecular flexibility index (Phi) is 4.86. The number of nitrogens with one attached hydrogen (secondary N) is 1. The van der Waals surface area contributed by atoms with Gasteiger partial charge in [-0.15, -0.1) is 11.3 Å². The third-order valence-electron chi connectivity index (χ3n) is 4.35. The average Bonchev–Trinajstić information content (AvgIpc) is 3.25. The van der Waals surface area contributed by atoms with Crippen LogP contribution in [0.5, 0.6) is 0 Å². The van der Waals surface area contributed by atoms with Gasteiger partial charge in [0, 0.05) is 34.9 Å². The van der Waals surface area contributed by atoms with Crippen molar-refractivity contribution in [1.82, 2.24) is 15.3 Å². The van der Waals surface area contributed by atoms with Crippen LogP contribution in [0.2, 0.25) is 0 Å². The Morgan fingerprint density at radius 3 is 2.81 bits per heavy atom. The van der Waals surface area contributed by atoms with Crippen molar-refractivity contribution in [2.24, 2.45) is 0 Å². The van der Waals surface area contributed by atoms with Crippen molar-refractivity contribution in [1.29, 1.82) is 0 Å². The van der Waals surface area contributed by atoms with Gasteiger partial charge in [-0.1, -0.05) is 0 Å². The van der Waals surface area contributed by atoms with Gasteiger partial charge in [-0.3, -0.25) is 4.79 Å². The molecule has 8 heteroatoms. The van der Waals surface area contributed by atoms with E-state index >= 15 is 0 Å². The second-order valence-corrected chi connectivity index (χ2v) is 8.53. The van der Waals surface area contributed by atoms with Crippen molar-refractivity contribution in [2.75, 3.05) is 29.5 Å². The molecular weight excluding hydrogens is 368 g/mol. The van der Waals surface area contributed by atoms with Gasteiger partial charge in [-0.2, -0.15) is 11.8 Å². The first kappa shape index (κ1) is 17.4. The fourth-order valence-electron chi connectivity index (χ4n) is 3.02. The number of furan rings is 1. The summed E-state index contributed by atoms with van der Waals surface area (Å²) in [7, 11) is 0. The summed E-state index contributed by atoms with van der Waals surface area (Å²) in [5.41, 5.74) is 0.842. The molecule has 3 aromatic heterocycles. The van der Waals surface area contributed by atoms with Crippen molar-refractivity contribution >= 4 is 45.7 Å². The van der Waals surface area contributed by atoms with Gasteiger partial charge < -0.3 is 14.6 Å². The minimum Gasteiger partial charge on any atom is -0.465 e. The van der Waals surface area contributed by atoms with Crippen LogP contribution in [0, 0.1) is 13.8 Å². The molecule has 0 aromatic carbocycles. The molecule has 3 aromatic rings. The first-order valence-corrected chi connectivity index (χ1v) is 10.6. The molecule has 0 aliphatic carbocycles. The summed E-state index contributed by atoms with van der Waals surface area (Å²) in [4.78, 5) is 25.2. The molecule has 1 aliphatic rings. The van der Waals surface area contributed by atoms with Gasteiger partial charge in [-0.05, 0) is 26.0 Å². The number of carbonyl (C=O) groups excluding carboxylic acids is 1. The molecule has 1 N–H and O–H groups in total. The van der Waals surface area contributed by atoms with E-state index in [1.807, 2.05) is 36.2 Å². The first-order chi connectivity index (χ1) is 12.6. The number of aromatic nitrogens is 2. The highest BCUT2D eigenvalue weighted by molar-refractivity contribution is 7.99. The number of hydrogen-bond donors (Lipinski definition) is 1.